The summed E-state index contributed by atoms with van der Waals surface area (Å²) in [5, 5.41) is 0. The van der Waals surface area contributed by atoms with Crippen LogP contribution in [-0.4, -0.2) is 37.0 Å². The second kappa shape index (κ2) is 7.34. The van der Waals surface area contributed by atoms with Crippen LogP contribution in [0.1, 0.15) is 17.2 Å². The molecule has 0 radical (unpaired) electrons. The van der Waals surface area contributed by atoms with Gasteiger partial charge in [0.15, 0.2) is 5.78 Å². The van der Waals surface area contributed by atoms with Crippen LogP contribution in [0.3, 0.4) is 0 Å². The van der Waals surface area contributed by atoms with Crippen molar-refractivity contribution < 1.29 is 9.53 Å². The zero-order valence-corrected chi connectivity index (χ0v) is 12.7. The molecule has 3 rings (SSSR count). The predicted octanol–water partition coefficient (Wildman–Crippen LogP) is 2.87. The molecule has 0 aromatic heterocycles. The second-order valence-corrected chi connectivity index (χ2v) is 5.59. The maximum Gasteiger partial charge on any atom is 0.158 e. The lowest BCUT2D eigenvalue weighted by Gasteiger charge is -2.34. The van der Waals surface area contributed by atoms with Crippen molar-refractivity contribution in [2.45, 2.75) is 12.5 Å². The molecule has 0 spiro atoms. The lowest BCUT2D eigenvalue weighted by Crippen LogP contribution is -2.42. The highest BCUT2D eigenvalue weighted by Crippen LogP contribution is 2.24. The first kappa shape index (κ1) is 14.9. The molecule has 0 N–H and O–H groups in total. The zero-order valence-electron chi connectivity index (χ0n) is 12.7. The predicted molar refractivity (Wildman–Crippen MR) is 86.7 cm³/mol. The summed E-state index contributed by atoms with van der Waals surface area (Å²) >= 11 is 0. The van der Waals surface area contributed by atoms with Crippen LogP contribution < -0.4 is 0 Å². The van der Waals surface area contributed by atoms with Crippen molar-refractivity contribution >= 4 is 5.78 Å². The van der Waals surface area contributed by atoms with E-state index in [9.17, 15) is 4.79 Å². The van der Waals surface area contributed by atoms with Gasteiger partial charge in [0.05, 0.1) is 19.3 Å². The minimum atomic E-state index is -0.176. The van der Waals surface area contributed by atoms with Gasteiger partial charge in [0.2, 0.25) is 0 Å². The Hall–Kier alpha value is -1.97. The highest BCUT2D eigenvalue weighted by molar-refractivity contribution is 5.87. The lowest BCUT2D eigenvalue weighted by atomic mass is 9.96. The van der Waals surface area contributed by atoms with Crippen molar-refractivity contribution in [1.82, 2.24) is 4.90 Å². The van der Waals surface area contributed by atoms with E-state index < -0.39 is 0 Å². The van der Waals surface area contributed by atoms with E-state index in [1.165, 1.54) is 0 Å². The first-order valence-corrected chi connectivity index (χ1v) is 7.78. The molecule has 1 fully saturated rings. The van der Waals surface area contributed by atoms with Crippen LogP contribution >= 0.6 is 0 Å². The average molecular weight is 295 g/mol. The summed E-state index contributed by atoms with van der Waals surface area (Å²) in [6, 6.07) is 19.9. The molecule has 0 aliphatic carbocycles. The van der Waals surface area contributed by atoms with Gasteiger partial charge >= 0.3 is 0 Å². The molecule has 1 heterocycles. The summed E-state index contributed by atoms with van der Waals surface area (Å²) < 4.78 is 5.43. The summed E-state index contributed by atoms with van der Waals surface area (Å²) in [6.45, 7) is 3.00. The minimum absolute atomic E-state index is 0.176. The fraction of sp³-hybridized carbons (Fsp3) is 0.316. The number of ether oxygens (including phenoxy) is 1. The molecule has 114 valence electrons. The van der Waals surface area contributed by atoms with Crippen LogP contribution in [0.5, 0.6) is 0 Å². The van der Waals surface area contributed by atoms with E-state index >= 15 is 0 Å². The molecule has 3 heteroatoms. The van der Waals surface area contributed by atoms with E-state index in [-0.39, 0.29) is 11.8 Å². The number of hydrogen-bond acceptors (Lipinski definition) is 3. The van der Waals surface area contributed by atoms with Gasteiger partial charge in [0.25, 0.3) is 0 Å². The number of morpholine rings is 1. The van der Waals surface area contributed by atoms with Gasteiger partial charge in [-0.1, -0.05) is 60.7 Å². The van der Waals surface area contributed by atoms with Crippen LogP contribution in [0, 0.1) is 0 Å². The fourth-order valence-electron chi connectivity index (χ4n) is 2.97. The lowest BCUT2D eigenvalue weighted by molar-refractivity contribution is -0.125. The van der Waals surface area contributed by atoms with Gasteiger partial charge in [0, 0.05) is 19.5 Å². The van der Waals surface area contributed by atoms with Gasteiger partial charge in [-0.3, -0.25) is 9.69 Å². The Labute approximate surface area is 131 Å². The largest absolute Gasteiger partial charge is 0.379 e. The number of carbonyl (C=O) groups is 1. The summed E-state index contributed by atoms with van der Waals surface area (Å²) in [5.74, 6) is 0.249. The SMILES string of the molecule is O=C(Cc1ccccc1)[C@H](c1ccccc1)N1CCOCC1. The van der Waals surface area contributed by atoms with Crippen LogP contribution in [0.4, 0.5) is 0 Å². The normalized spacial score (nSPS) is 17.1. The van der Waals surface area contributed by atoms with Crippen LogP contribution in [0.2, 0.25) is 0 Å². The van der Waals surface area contributed by atoms with Crippen molar-refractivity contribution in [3.63, 3.8) is 0 Å². The Morgan fingerprint density at radius 1 is 0.955 bits per heavy atom. The highest BCUT2D eigenvalue weighted by atomic mass is 16.5. The third kappa shape index (κ3) is 3.62. The summed E-state index contributed by atoms with van der Waals surface area (Å²) in [4.78, 5) is 15.2. The number of carbonyl (C=O) groups excluding carboxylic acids is 1. The summed E-state index contributed by atoms with van der Waals surface area (Å²) in [5.41, 5.74) is 2.15. The van der Waals surface area contributed by atoms with Gasteiger partial charge < -0.3 is 4.74 Å². The van der Waals surface area contributed by atoms with Crippen LogP contribution in [0.15, 0.2) is 60.7 Å². The highest BCUT2D eigenvalue weighted by Gasteiger charge is 2.28. The smallest absolute Gasteiger partial charge is 0.158 e. The van der Waals surface area contributed by atoms with Crippen molar-refractivity contribution in [2.24, 2.45) is 0 Å². The monoisotopic (exact) mass is 295 g/mol. The summed E-state index contributed by atoms with van der Waals surface area (Å²) in [6.07, 6.45) is 0.470. The molecule has 2 aromatic carbocycles. The first-order valence-electron chi connectivity index (χ1n) is 7.78. The molecule has 0 unspecified atom stereocenters. The Morgan fingerprint density at radius 2 is 1.55 bits per heavy atom. The number of nitrogens with zero attached hydrogens (tertiary/aromatic N) is 1. The molecule has 0 amide bonds. The van der Waals surface area contributed by atoms with E-state index in [4.69, 9.17) is 4.74 Å². The molecule has 1 saturated heterocycles. The topological polar surface area (TPSA) is 29.5 Å². The third-order valence-corrected chi connectivity index (χ3v) is 4.05. The quantitative estimate of drug-likeness (QED) is 0.849. The zero-order chi connectivity index (χ0) is 15.2. The molecule has 0 bridgehead atoms. The van der Waals surface area contributed by atoms with Crippen molar-refractivity contribution in [2.75, 3.05) is 26.3 Å². The van der Waals surface area contributed by atoms with E-state index in [2.05, 4.69) is 4.90 Å². The average Bonchev–Trinajstić information content (AvgIpc) is 2.58. The summed E-state index contributed by atoms with van der Waals surface area (Å²) in [7, 11) is 0. The van der Waals surface area contributed by atoms with Gasteiger partial charge in [0.1, 0.15) is 0 Å². The molecule has 3 nitrogen and oxygen atoms in total. The molecule has 1 aliphatic rings. The van der Waals surface area contributed by atoms with Crippen LogP contribution in [-0.2, 0) is 16.0 Å². The van der Waals surface area contributed by atoms with E-state index in [1.54, 1.807) is 0 Å². The molecule has 1 aliphatic heterocycles. The Morgan fingerprint density at radius 3 is 2.18 bits per heavy atom. The molecular weight excluding hydrogens is 274 g/mol. The Kier molecular flexibility index (Phi) is 4.99. The molecular formula is C19H21NO2. The number of rotatable bonds is 5. The second-order valence-electron chi connectivity index (χ2n) is 5.59. The van der Waals surface area contributed by atoms with E-state index in [0.717, 1.165) is 24.2 Å². The maximum absolute atomic E-state index is 12.9. The number of ketones is 1. The Bertz CT molecular complexity index is 591. The van der Waals surface area contributed by atoms with Gasteiger partial charge in [-0.15, -0.1) is 0 Å². The van der Waals surface area contributed by atoms with Gasteiger partial charge in [-0.05, 0) is 11.1 Å². The number of hydrogen-bond donors (Lipinski definition) is 0. The van der Waals surface area contributed by atoms with Gasteiger partial charge in [-0.2, -0.15) is 0 Å². The maximum atomic E-state index is 12.9. The fourth-order valence-corrected chi connectivity index (χ4v) is 2.97. The molecule has 1 atom stereocenters. The van der Waals surface area contributed by atoms with Crippen molar-refractivity contribution in [1.29, 1.82) is 0 Å². The number of Topliss-reactive ketones (excluding diaryl/α,β-unsaturated/α-hetero) is 1. The van der Waals surface area contributed by atoms with Crippen molar-refractivity contribution in [3.8, 4) is 0 Å². The minimum Gasteiger partial charge on any atom is -0.379 e. The molecule has 2 aromatic rings. The van der Waals surface area contributed by atoms with Crippen LogP contribution in [0.25, 0.3) is 0 Å². The molecule has 0 saturated carbocycles. The van der Waals surface area contributed by atoms with E-state index in [1.807, 2.05) is 60.7 Å². The Balaban J connectivity index is 1.82. The van der Waals surface area contributed by atoms with Crippen molar-refractivity contribution in [3.05, 3.63) is 71.8 Å². The number of benzene rings is 2. The first-order chi connectivity index (χ1) is 10.8. The van der Waals surface area contributed by atoms with Gasteiger partial charge in [-0.25, -0.2) is 0 Å². The molecule has 22 heavy (non-hydrogen) atoms. The third-order valence-electron chi connectivity index (χ3n) is 4.05. The standard InChI is InChI=1S/C19H21NO2/c21-18(15-16-7-3-1-4-8-16)19(17-9-5-2-6-10-17)20-11-13-22-14-12-20/h1-10,19H,11-15H2/t19-/m0/s1. The van der Waals surface area contributed by atoms with E-state index in [0.29, 0.717) is 19.6 Å².